The molecule has 0 bridgehead atoms. The third kappa shape index (κ3) is 4.46. The summed E-state index contributed by atoms with van der Waals surface area (Å²) >= 11 is 0. The average Bonchev–Trinajstić information content (AvgIpc) is 3.01. The van der Waals surface area contributed by atoms with Crippen LogP contribution in [0.15, 0.2) is 11.6 Å². The molecular formula is C36H58O11. The molecule has 268 valence electrons. The molecule has 0 radical (unpaired) electrons. The topological polar surface area (TPSA) is 197 Å². The highest BCUT2D eigenvalue weighted by Gasteiger charge is 2.73. The highest BCUT2D eigenvalue weighted by Crippen LogP contribution is 2.76. The van der Waals surface area contributed by atoms with Crippen LogP contribution in [0.5, 0.6) is 0 Å². The maximum Gasteiger partial charge on any atom is 0.315 e. The van der Waals surface area contributed by atoms with Crippen LogP contribution in [0, 0.1) is 50.7 Å². The number of aliphatic hydroxyl groups is 8. The monoisotopic (exact) mass is 666 g/mol. The van der Waals surface area contributed by atoms with E-state index in [4.69, 9.17) is 9.47 Å². The Morgan fingerprint density at radius 2 is 1.51 bits per heavy atom. The van der Waals surface area contributed by atoms with Gasteiger partial charge < -0.3 is 50.3 Å². The van der Waals surface area contributed by atoms with Crippen LogP contribution in [-0.4, -0.2) is 108 Å². The second-order valence-corrected chi connectivity index (χ2v) is 17.7. The number of allylic oxidation sites excluding steroid dienone is 1. The van der Waals surface area contributed by atoms with Gasteiger partial charge in [-0.1, -0.05) is 53.2 Å². The highest BCUT2D eigenvalue weighted by molar-refractivity contribution is 5.79. The van der Waals surface area contributed by atoms with Gasteiger partial charge in [0.05, 0.1) is 29.8 Å². The Labute approximate surface area is 278 Å². The van der Waals surface area contributed by atoms with Crippen LogP contribution in [0.2, 0.25) is 0 Å². The summed E-state index contributed by atoms with van der Waals surface area (Å²) in [6.45, 7) is 13.7. The first-order valence-corrected chi connectivity index (χ1v) is 17.7. The molecule has 11 nitrogen and oxygen atoms in total. The van der Waals surface area contributed by atoms with E-state index in [-0.39, 0.29) is 23.2 Å². The highest BCUT2D eigenvalue weighted by atomic mass is 16.7. The van der Waals surface area contributed by atoms with E-state index in [9.17, 15) is 45.6 Å². The van der Waals surface area contributed by atoms with Crippen molar-refractivity contribution in [2.75, 3.05) is 6.61 Å². The molecule has 4 saturated carbocycles. The fraction of sp³-hybridized carbons (Fsp3) is 0.917. The normalized spacial score (nSPS) is 57.0. The lowest BCUT2D eigenvalue weighted by Gasteiger charge is -2.72. The van der Waals surface area contributed by atoms with E-state index in [0.29, 0.717) is 32.1 Å². The molecule has 6 rings (SSSR count). The molecule has 0 amide bonds. The molecular weight excluding hydrogens is 608 g/mol. The largest absolute Gasteiger partial charge is 0.432 e. The maximum absolute atomic E-state index is 14.5. The lowest BCUT2D eigenvalue weighted by atomic mass is 9.32. The van der Waals surface area contributed by atoms with Gasteiger partial charge in [0, 0.05) is 11.3 Å². The minimum absolute atomic E-state index is 0.0333. The molecule has 8 N–H and O–H groups in total. The zero-order valence-electron chi connectivity index (χ0n) is 29.0. The first kappa shape index (κ1) is 35.7. The fourth-order valence-electron chi connectivity index (χ4n) is 12.3. The molecule has 1 unspecified atom stereocenters. The standard InChI is InChI=1S/C36H58O11/c1-17-10-13-36(30(44)47-29-24(40)23(39)22(38)19(16-37)46-29)15-14-32(4)18(26(36)35(17,7)45)8-9-21-33(32,5)12-11-20-31(2,3)27(42)25(41)28(43)34(20,21)6/h8,17,19-29,37-43,45H,9-16H2,1-7H3/t17-,19-,20+,21+,22-,23+,24-,25+,26-,27+,28?,29+,32-,33-,34+,35-,36+/m1/s1. The first-order chi connectivity index (χ1) is 21.7. The molecule has 11 heteroatoms. The van der Waals surface area contributed by atoms with E-state index in [0.717, 1.165) is 18.4 Å². The third-order valence-electron chi connectivity index (χ3n) is 15.7. The Morgan fingerprint density at radius 3 is 2.15 bits per heavy atom. The Kier molecular flexibility index (Phi) is 8.48. The van der Waals surface area contributed by atoms with Crippen molar-refractivity contribution < 1.29 is 55.1 Å². The minimum atomic E-state index is -1.73. The summed E-state index contributed by atoms with van der Waals surface area (Å²) in [5.74, 6) is -1.49. The van der Waals surface area contributed by atoms with Gasteiger partial charge in [-0.2, -0.15) is 0 Å². The van der Waals surface area contributed by atoms with Crippen molar-refractivity contribution in [1.29, 1.82) is 0 Å². The number of carbonyl (C=O) groups excluding carboxylic acids is 1. The molecule has 6 aliphatic rings. The van der Waals surface area contributed by atoms with Crippen LogP contribution in [0.4, 0.5) is 0 Å². The number of fused-ring (bicyclic) bond motifs is 7. The van der Waals surface area contributed by atoms with Gasteiger partial charge in [-0.3, -0.25) is 4.79 Å². The van der Waals surface area contributed by atoms with Crippen LogP contribution in [0.1, 0.15) is 93.4 Å². The summed E-state index contributed by atoms with van der Waals surface area (Å²) < 4.78 is 11.4. The fourth-order valence-corrected chi connectivity index (χ4v) is 12.3. The molecule has 1 heterocycles. The number of hydrogen-bond acceptors (Lipinski definition) is 11. The van der Waals surface area contributed by atoms with E-state index in [1.165, 1.54) is 0 Å². The van der Waals surface area contributed by atoms with Crippen LogP contribution in [0.25, 0.3) is 0 Å². The molecule has 17 atom stereocenters. The summed E-state index contributed by atoms with van der Waals surface area (Å²) in [5, 5.41) is 87.3. The smallest absolute Gasteiger partial charge is 0.315 e. The second-order valence-electron chi connectivity index (χ2n) is 17.7. The van der Waals surface area contributed by atoms with E-state index in [1.807, 2.05) is 20.8 Å². The van der Waals surface area contributed by atoms with Gasteiger partial charge >= 0.3 is 5.97 Å². The van der Waals surface area contributed by atoms with Gasteiger partial charge in [-0.25, -0.2) is 0 Å². The number of rotatable bonds is 3. The molecule has 5 fully saturated rings. The number of ether oxygens (including phenoxy) is 2. The number of hydrogen-bond donors (Lipinski definition) is 8. The Bertz CT molecular complexity index is 1280. The van der Waals surface area contributed by atoms with E-state index in [1.54, 1.807) is 6.92 Å². The summed E-state index contributed by atoms with van der Waals surface area (Å²) in [6, 6.07) is 0. The van der Waals surface area contributed by atoms with Crippen LogP contribution < -0.4 is 0 Å². The molecule has 1 aliphatic heterocycles. The van der Waals surface area contributed by atoms with E-state index < -0.39 is 94.8 Å². The van der Waals surface area contributed by atoms with Crippen molar-refractivity contribution in [1.82, 2.24) is 0 Å². The lowest BCUT2D eigenvalue weighted by molar-refractivity contribution is -0.300. The first-order valence-electron chi connectivity index (χ1n) is 17.7. The van der Waals surface area contributed by atoms with E-state index in [2.05, 4.69) is 26.8 Å². The van der Waals surface area contributed by atoms with Crippen LogP contribution in [0.3, 0.4) is 0 Å². The maximum atomic E-state index is 14.5. The Morgan fingerprint density at radius 1 is 0.851 bits per heavy atom. The van der Waals surface area contributed by atoms with E-state index >= 15 is 0 Å². The molecule has 0 aromatic rings. The van der Waals surface area contributed by atoms with Crippen molar-refractivity contribution in [3.8, 4) is 0 Å². The Balaban J connectivity index is 1.41. The molecule has 47 heavy (non-hydrogen) atoms. The SMILES string of the molecule is C[C@@H]1CC[C@]2(C(=O)O[C@@H]3O[C@H](CO)[C@@H](O)[C@H](O)[C@H]3O)CC[C@]3(C)C(=CC[C@@H]4[C@@]5(C)C(O)[C@@H](O)[C@H](O)C(C)(C)[C@@H]5CC[C@]43C)[C@@H]2[C@]1(C)O. The number of esters is 1. The third-order valence-corrected chi connectivity index (χ3v) is 15.7. The summed E-state index contributed by atoms with van der Waals surface area (Å²) in [5.41, 5.74) is -3.61. The number of aliphatic hydroxyl groups excluding tert-OH is 7. The lowest BCUT2D eigenvalue weighted by Crippen LogP contribution is -2.72. The van der Waals surface area contributed by atoms with Crippen molar-refractivity contribution in [2.24, 2.45) is 50.7 Å². The predicted molar refractivity (Wildman–Crippen MR) is 169 cm³/mol. The number of carbonyl (C=O) groups is 1. The Hall–Kier alpha value is -1.15. The van der Waals surface area contributed by atoms with Crippen molar-refractivity contribution in [3.05, 3.63) is 11.6 Å². The van der Waals surface area contributed by atoms with Gasteiger partial charge in [0.2, 0.25) is 6.29 Å². The van der Waals surface area contributed by atoms with Gasteiger partial charge in [0.25, 0.3) is 0 Å². The predicted octanol–water partition coefficient (Wildman–Crippen LogP) is 1.40. The second kappa shape index (κ2) is 11.2. The van der Waals surface area contributed by atoms with Gasteiger partial charge in [-0.15, -0.1) is 0 Å². The van der Waals surface area contributed by atoms with Gasteiger partial charge in [0.15, 0.2) is 0 Å². The summed E-state index contributed by atoms with van der Waals surface area (Å²) in [4.78, 5) is 14.5. The van der Waals surface area contributed by atoms with Crippen LogP contribution >= 0.6 is 0 Å². The molecule has 1 saturated heterocycles. The van der Waals surface area contributed by atoms with Crippen molar-refractivity contribution >= 4 is 5.97 Å². The summed E-state index contributed by atoms with van der Waals surface area (Å²) in [7, 11) is 0. The molecule has 5 aliphatic carbocycles. The van der Waals surface area contributed by atoms with Gasteiger partial charge in [-0.05, 0) is 85.9 Å². The molecule has 0 spiro atoms. The molecule has 0 aromatic carbocycles. The summed E-state index contributed by atoms with van der Waals surface area (Å²) in [6.07, 6.45) is -4.97. The minimum Gasteiger partial charge on any atom is -0.432 e. The van der Waals surface area contributed by atoms with Crippen LogP contribution in [-0.2, 0) is 14.3 Å². The zero-order valence-corrected chi connectivity index (χ0v) is 29.0. The van der Waals surface area contributed by atoms with Crippen molar-refractivity contribution in [3.63, 3.8) is 0 Å². The van der Waals surface area contributed by atoms with Crippen molar-refractivity contribution in [2.45, 2.75) is 148 Å². The average molecular weight is 667 g/mol. The quantitative estimate of drug-likeness (QED) is 0.160. The zero-order chi connectivity index (χ0) is 34.9. The van der Waals surface area contributed by atoms with Gasteiger partial charge in [0.1, 0.15) is 30.5 Å². The molecule has 0 aromatic heterocycles.